The van der Waals surface area contributed by atoms with Gasteiger partial charge in [0, 0.05) is 24.0 Å². The Kier molecular flexibility index (Phi) is 4.28. The highest BCUT2D eigenvalue weighted by Gasteiger charge is 2.41. The van der Waals surface area contributed by atoms with Crippen LogP contribution in [0.4, 0.5) is 0 Å². The zero-order chi connectivity index (χ0) is 15.7. The maximum atomic E-state index is 12.5. The van der Waals surface area contributed by atoms with Crippen LogP contribution in [0.2, 0.25) is 5.02 Å². The molecule has 0 bridgehead atoms. The smallest absolute Gasteiger partial charge is 0.226 e. The lowest BCUT2D eigenvalue weighted by Gasteiger charge is -2.40. The molecule has 0 radical (unpaired) electrons. The molecule has 22 heavy (non-hydrogen) atoms. The van der Waals surface area contributed by atoms with Crippen molar-refractivity contribution in [1.82, 2.24) is 4.90 Å². The van der Waals surface area contributed by atoms with Crippen LogP contribution >= 0.6 is 11.6 Å². The zero-order valence-corrected chi connectivity index (χ0v) is 13.7. The SMILES string of the molecule is O=C(C1CC=CCC1)N1CC(S(=O)(=O)c2ccc(Cl)cc2)C1. The molecule has 1 unspecified atom stereocenters. The van der Waals surface area contributed by atoms with Gasteiger partial charge in [-0.05, 0) is 43.5 Å². The minimum absolute atomic E-state index is 0.0178. The Morgan fingerprint density at radius 2 is 1.82 bits per heavy atom. The van der Waals surface area contributed by atoms with Gasteiger partial charge in [-0.2, -0.15) is 0 Å². The van der Waals surface area contributed by atoms with Gasteiger partial charge in [0.2, 0.25) is 5.91 Å². The van der Waals surface area contributed by atoms with E-state index in [0.717, 1.165) is 19.3 Å². The van der Waals surface area contributed by atoms with Crippen LogP contribution in [0.5, 0.6) is 0 Å². The van der Waals surface area contributed by atoms with Crippen molar-refractivity contribution in [2.24, 2.45) is 5.92 Å². The minimum atomic E-state index is -3.38. The Labute approximate surface area is 135 Å². The molecule has 0 N–H and O–H groups in total. The van der Waals surface area contributed by atoms with Gasteiger partial charge < -0.3 is 4.90 Å². The molecule has 1 aliphatic carbocycles. The molecular weight excluding hydrogens is 322 g/mol. The number of halogens is 1. The number of hydrogen-bond acceptors (Lipinski definition) is 3. The van der Waals surface area contributed by atoms with Gasteiger partial charge >= 0.3 is 0 Å². The fourth-order valence-electron chi connectivity index (χ4n) is 2.91. The fraction of sp³-hybridized carbons (Fsp3) is 0.438. The fourth-order valence-corrected chi connectivity index (χ4v) is 4.69. The minimum Gasteiger partial charge on any atom is -0.340 e. The molecule has 1 heterocycles. The molecule has 1 saturated heterocycles. The lowest BCUT2D eigenvalue weighted by atomic mass is 9.92. The summed E-state index contributed by atoms with van der Waals surface area (Å²) in [6, 6.07) is 6.19. The molecule has 0 saturated carbocycles. The number of sulfone groups is 1. The van der Waals surface area contributed by atoms with Crippen LogP contribution in [0.15, 0.2) is 41.3 Å². The van der Waals surface area contributed by atoms with Crippen molar-refractivity contribution in [1.29, 1.82) is 0 Å². The number of likely N-dealkylation sites (tertiary alicyclic amines) is 1. The van der Waals surface area contributed by atoms with Gasteiger partial charge in [0.05, 0.1) is 4.90 Å². The first-order chi connectivity index (χ1) is 10.5. The summed E-state index contributed by atoms with van der Waals surface area (Å²) < 4.78 is 25.0. The second kappa shape index (κ2) is 6.05. The van der Waals surface area contributed by atoms with Crippen molar-refractivity contribution < 1.29 is 13.2 Å². The molecule has 3 rings (SSSR count). The Morgan fingerprint density at radius 3 is 2.41 bits per heavy atom. The van der Waals surface area contributed by atoms with Crippen LogP contribution in [-0.2, 0) is 14.6 Å². The summed E-state index contributed by atoms with van der Waals surface area (Å²) in [6.45, 7) is 0.591. The van der Waals surface area contributed by atoms with Gasteiger partial charge in [-0.3, -0.25) is 4.79 Å². The van der Waals surface area contributed by atoms with Gasteiger partial charge in [-0.25, -0.2) is 8.42 Å². The Balaban J connectivity index is 1.63. The third kappa shape index (κ3) is 2.92. The van der Waals surface area contributed by atoms with Crippen LogP contribution in [0.1, 0.15) is 19.3 Å². The van der Waals surface area contributed by atoms with Crippen LogP contribution in [0.25, 0.3) is 0 Å². The third-order valence-corrected chi connectivity index (χ3v) is 6.72. The second-order valence-corrected chi connectivity index (χ2v) is 8.51. The predicted octanol–water partition coefficient (Wildman–Crippen LogP) is 2.68. The quantitative estimate of drug-likeness (QED) is 0.795. The van der Waals surface area contributed by atoms with E-state index in [1.165, 1.54) is 12.1 Å². The van der Waals surface area contributed by atoms with E-state index in [9.17, 15) is 13.2 Å². The molecule has 118 valence electrons. The lowest BCUT2D eigenvalue weighted by Crippen LogP contribution is -2.58. The van der Waals surface area contributed by atoms with E-state index >= 15 is 0 Å². The van der Waals surface area contributed by atoms with Crippen molar-refractivity contribution in [3.05, 3.63) is 41.4 Å². The van der Waals surface area contributed by atoms with Crippen LogP contribution in [0.3, 0.4) is 0 Å². The van der Waals surface area contributed by atoms with Crippen molar-refractivity contribution in [2.45, 2.75) is 29.4 Å². The summed E-state index contributed by atoms with van der Waals surface area (Å²) in [4.78, 5) is 14.3. The molecule has 1 aliphatic heterocycles. The predicted molar refractivity (Wildman–Crippen MR) is 85.5 cm³/mol. The summed E-state index contributed by atoms with van der Waals surface area (Å²) in [5.41, 5.74) is 0. The van der Waals surface area contributed by atoms with Gasteiger partial charge in [-0.1, -0.05) is 23.8 Å². The van der Waals surface area contributed by atoms with Crippen molar-refractivity contribution in [2.75, 3.05) is 13.1 Å². The topological polar surface area (TPSA) is 54.5 Å². The first-order valence-corrected chi connectivity index (χ1v) is 9.34. The average molecular weight is 340 g/mol. The second-order valence-electron chi connectivity index (χ2n) is 5.85. The van der Waals surface area contributed by atoms with Crippen LogP contribution in [-0.4, -0.2) is 37.6 Å². The molecule has 2 aliphatic rings. The third-order valence-electron chi connectivity index (χ3n) is 4.36. The first-order valence-electron chi connectivity index (χ1n) is 7.42. The largest absolute Gasteiger partial charge is 0.340 e. The number of carbonyl (C=O) groups excluding carboxylic acids is 1. The summed E-state index contributed by atoms with van der Waals surface area (Å²) in [6.07, 6.45) is 6.68. The standard InChI is InChI=1S/C16H18ClNO3S/c17-13-6-8-14(9-7-13)22(20,21)15-10-18(11-15)16(19)12-4-2-1-3-5-12/h1-2,6-9,12,15H,3-5,10-11H2. The molecule has 1 amide bonds. The summed E-state index contributed by atoms with van der Waals surface area (Å²) in [7, 11) is -3.38. The molecule has 0 spiro atoms. The van der Waals surface area contributed by atoms with Crippen LogP contribution < -0.4 is 0 Å². The van der Waals surface area contributed by atoms with E-state index in [0.29, 0.717) is 18.1 Å². The molecule has 1 aromatic carbocycles. The van der Waals surface area contributed by atoms with Crippen molar-refractivity contribution in [3.8, 4) is 0 Å². The lowest BCUT2D eigenvalue weighted by molar-refractivity contribution is -0.139. The van der Waals surface area contributed by atoms with Crippen molar-refractivity contribution in [3.63, 3.8) is 0 Å². The molecule has 1 atom stereocenters. The van der Waals surface area contributed by atoms with E-state index in [2.05, 4.69) is 6.08 Å². The number of hydrogen-bond donors (Lipinski definition) is 0. The van der Waals surface area contributed by atoms with Gasteiger partial charge in [-0.15, -0.1) is 0 Å². The molecule has 6 heteroatoms. The molecule has 1 fully saturated rings. The highest BCUT2D eigenvalue weighted by Crippen LogP contribution is 2.28. The number of rotatable bonds is 3. The number of carbonyl (C=O) groups is 1. The Hall–Kier alpha value is -1.33. The normalized spacial score (nSPS) is 22.4. The first kappa shape index (κ1) is 15.6. The zero-order valence-electron chi connectivity index (χ0n) is 12.1. The monoisotopic (exact) mass is 339 g/mol. The molecule has 4 nitrogen and oxygen atoms in total. The summed E-state index contributed by atoms with van der Waals surface area (Å²) in [5.74, 6) is 0.107. The molecule has 1 aromatic rings. The van der Waals surface area contributed by atoms with E-state index in [4.69, 9.17) is 11.6 Å². The maximum absolute atomic E-state index is 12.5. The number of nitrogens with zero attached hydrogens (tertiary/aromatic N) is 1. The van der Waals surface area contributed by atoms with Crippen molar-refractivity contribution >= 4 is 27.3 Å². The average Bonchev–Trinajstić information content (AvgIpc) is 2.46. The maximum Gasteiger partial charge on any atom is 0.226 e. The number of allylic oxidation sites excluding steroid dienone is 2. The van der Waals surface area contributed by atoms with E-state index in [1.807, 2.05) is 6.08 Å². The highest BCUT2D eigenvalue weighted by molar-refractivity contribution is 7.92. The van der Waals surface area contributed by atoms with Crippen LogP contribution in [0, 0.1) is 5.92 Å². The number of benzene rings is 1. The van der Waals surface area contributed by atoms with E-state index in [1.54, 1.807) is 17.0 Å². The van der Waals surface area contributed by atoms with E-state index in [-0.39, 0.29) is 16.7 Å². The highest BCUT2D eigenvalue weighted by atomic mass is 35.5. The number of amides is 1. The van der Waals surface area contributed by atoms with Gasteiger partial charge in [0.1, 0.15) is 5.25 Å². The molecule has 0 aromatic heterocycles. The summed E-state index contributed by atoms with van der Waals surface area (Å²) >= 11 is 5.79. The Bertz CT molecular complexity index is 691. The Morgan fingerprint density at radius 1 is 1.14 bits per heavy atom. The van der Waals surface area contributed by atoms with Gasteiger partial charge in [0.25, 0.3) is 0 Å². The van der Waals surface area contributed by atoms with Gasteiger partial charge in [0.15, 0.2) is 9.84 Å². The van der Waals surface area contributed by atoms with E-state index < -0.39 is 15.1 Å². The summed E-state index contributed by atoms with van der Waals surface area (Å²) in [5, 5.41) is 0.00600. The molecular formula is C16H18ClNO3S.